The van der Waals surface area contributed by atoms with E-state index in [2.05, 4.69) is 27.4 Å². The quantitative estimate of drug-likeness (QED) is 0.254. The molecular formula is C27H37N5O3. The van der Waals surface area contributed by atoms with Gasteiger partial charge >= 0.3 is 6.09 Å². The van der Waals surface area contributed by atoms with Gasteiger partial charge in [-0.25, -0.2) is 9.78 Å². The van der Waals surface area contributed by atoms with Gasteiger partial charge in [-0.1, -0.05) is 38.9 Å². The summed E-state index contributed by atoms with van der Waals surface area (Å²) >= 11 is 0. The molecule has 1 saturated carbocycles. The Bertz CT molecular complexity index is 1130. The third-order valence-electron chi connectivity index (χ3n) is 7.01. The third-order valence-corrected chi connectivity index (χ3v) is 7.01. The number of benzene rings is 1. The molecule has 1 aromatic carbocycles. The van der Waals surface area contributed by atoms with Crippen LogP contribution in [0.3, 0.4) is 0 Å². The fourth-order valence-electron chi connectivity index (χ4n) is 4.69. The lowest BCUT2D eigenvalue weighted by molar-refractivity contribution is 0.0842. The standard InChI is InChI=1S/C27H37N5O3/c1-6-19(2)30-35-20(3)27(4,5)17-31(26(33)34)15-22-8-7-9-23(12-22)16-32-18-29-24-11-10-21(14-28)13-25(24)32/h10-11,13,18,22-23H,3,6-9,12,15-17H2,1-2,4-5H3,(H,33,34)/b30-19+. The van der Waals surface area contributed by atoms with Crippen molar-refractivity contribution in [1.82, 2.24) is 14.5 Å². The second-order valence-corrected chi connectivity index (χ2v) is 10.4. The van der Waals surface area contributed by atoms with Crippen molar-refractivity contribution >= 4 is 22.8 Å². The van der Waals surface area contributed by atoms with Crippen molar-refractivity contribution < 1.29 is 14.7 Å². The molecule has 2 aromatic rings. The van der Waals surface area contributed by atoms with Crippen LogP contribution >= 0.6 is 0 Å². The number of nitriles is 1. The number of imidazole rings is 1. The van der Waals surface area contributed by atoms with E-state index < -0.39 is 11.5 Å². The minimum absolute atomic E-state index is 0.291. The van der Waals surface area contributed by atoms with E-state index in [4.69, 9.17) is 4.84 Å². The fourth-order valence-corrected chi connectivity index (χ4v) is 4.69. The first kappa shape index (κ1) is 26.3. The zero-order valence-corrected chi connectivity index (χ0v) is 21.3. The number of nitrogens with zero attached hydrogens (tertiary/aromatic N) is 5. The van der Waals surface area contributed by atoms with Crippen LogP contribution in [0.1, 0.15) is 65.4 Å². The number of carboxylic acid groups (broad SMARTS) is 1. The molecule has 2 atom stereocenters. The summed E-state index contributed by atoms with van der Waals surface area (Å²) in [7, 11) is 0. The molecule has 1 heterocycles. The van der Waals surface area contributed by atoms with Gasteiger partial charge in [0.1, 0.15) is 5.76 Å². The molecule has 1 aliphatic rings. The van der Waals surface area contributed by atoms with Crippen LogP contribution in [-0.2, 0) is 11.4 Å². The summed E-state index contributed by atoms with van der Waals surface area (Å²) < 4.78 is 2.13. The summed E-state index contributed by atoms with van der Waals surface area (Å²) in [5.74, 6) is 1.19. The van der Waals surface area contributed by atoms with E-state index in [1.165, 1.54) is 4.90 Å². The minimum Gasteiger partial charge on any atom is -0.465 e. The van der Waals surface area contributed by atoms with Gasteiger partial charge in [-0.15, -0.1) is 0 Å². The van der Waals surface area contributed by atoms with Crippen molar-refractivity contribution in [2.75, 3.05) is 13.1 Å². The van der Waals surface area contributed by atoms with Crippen molar-refractivity contribution in [3.63, 3.8) is 0 Å². The van der Waals surface area contributed by atoms with Gasteiger partial charge in [0.05, 0.1) is 34.7 Å². The van der Waals surface area contributed by atoms with Gasteiger partial charge in [-0.05, 0) is 62.6 Å². The number of rotatable bonds is 10. The minimum atomic E-state index is -0.925. The Morgan fingerprint density at radius 3 is 2.83 bits per heavy atom. The summed E-state index contributed by atoms with van der Waals surface area (Å²) in [5.41, 5.74) is 2.77. The highest BCUT2D eigenvalue weighted by Crippen LogP contribution is 2.33. The van der Waals surface area contributed by atoms with Crippen LogP contribution in [0.2, 0.25) is 0 Å². The zero-order chi connectivity index (χ0) is 25.6. The lowest BCUT2D eigenvalue weighted by Gasteiger charge is -2.36. The molecule has 0 bridgehead atoms. The number of fused-ring (bicyclic) bond motifs is 1. The molecule has 3 rings (SSSR count). The van der Waals surface area contributed by atoms with Crippen molar-refractivity contribution in [2.24, 2.45) is 22.4 Å². The molecule has 1 amide bonds. The first-order valence-electron chi connectivity index (χ1n) is 12.4. The number of oxime groups is 1. The average Bonchev–Trinajstić information content (AvgIpc) is 3.23. The molecule has 0 saturated heterocycles. The predicted octanol–water partition coefficient (Wildman–Crippen LogP) is 6.04. The maximum absolute atomic E-state index is 12.1. The van der Waals surface area contributed by atoms with Crippen LogP contribution in [-0.4, -0.2) is 44.5 Å². The van der Waals surface area contributed by atoms with E-state index in [0.29, 0.717) is 36.2 Å². The number of carbonyl (C=O) groups is 1. The van der Waals surface area contributed by atoms with Crippen molar-refractivity contribution in [3.05, 3.63) is 42.4 Å². The normalized spacial score (nSPS) is 18.8. The Morgan fingerprint density at radius 1 is 1.40 bits per heavy atom. The van der Waals surface area contributed by atoms with Gasteiger partial charge in [0.25, 0.3) is 0 Å². The molecular weight excluding hydrogens is 442 g/mol. The molecule has 1 fully saturated rings. The summed E-state index contributed by atoms with van der Waals surface area (Å²) in [4.78, 5) is 23.6. The van der Waals surface area contributed by atoms with Crippen molar-refractivity contribution in [3.8, 4) is 6.07 Å². The van der Waals surface area contributed by atoms with E-state index in [0.717, 1.165) is 55.4 Å². The van der Waals surface area contributed by atoms with Gasteiger partial charge in [0.15, 0.2) is 0 Å². The number of amides is 1. The predicted molar refractivity (Wildman–Crippen MR) is 137 cm³/mol. The summed E-state index contributed by atoms with van der Waals surface area (Å²) in [6.07, 6.45) is 5.85. The van der Waals surface area contributed by atoms with Gasteiger partial charge in [-0.2, -0.15) is 5.26 Å². The Hall–Kier alpha value is -3.34. The van der Waals surface area contributed by atoms with Crippen molar-refractivity contribution in [1.29, 1.82) is 5.26 Å². The molecule has 0 spiro atoms. The Kier molecular flexibility index (Phi) is 8.55. The molecule has 0 aliphatic heterocycles. The van der Waals surface area contributed by atoms with Gasteiger partial charge in [-0.3, -0.25) is 0 Å². The highest BCUT2D eigenvalue weighted by Gasteiger charge is 2.32. The smallest absolute Gasteiger partial charge is 0.407 e. The molecule has 8 heteroatoms. The first-order valence-corrected chi connectivity index (χ1v) is 12.4. The second kappa shape index (κ2) is 11.4. The molecule has 2 unspecified atom stereocenters. The number of hydrogen-bond acceptors (Lipinski definition) is 5. The number of aromatic nitrogens is 2. The highest BCUT2D eigenvalue weighted by atomic mass is 16.6. The SMILES string of the molecule is C=C(O/N=C(\C)CC)C(C)(C)CN(CC1CCCC(Cn2cnc3ccc(C#N)cc32)C1)C(=O)O. The summed E-state index contributed by atoms with van der Waals surface area (Å²) in [5, 5.41) is 23.3. The van der Waals surface area contributed by atoms with E-state index >= 15 is 0 Å². The van der Waals surface area contributed by atoms with Gasteiger partial charge < -0.3 is 19.4 Å². The first-order chi connectivity index (χ1) is 16.6. The molecule has 35 heavy (non-hydrogen) atoms. The molecule has 0 radical (unpaired) electrons. The van der Waals surface area contributed by atoms with E-state index in [1.807, 2.05) is 46.2 Å². The molecule has 8 nitrogen and oxygen atoms in total. The number of hydrogen-bond donors (Lipinski definition) is 1. The Morgan fingerprint density at radius 2 is 2.14 bits per heavy atom. The lowest BCUT2D eigenvalue weighted by atomic mass is 9.80. The van der Waals surface area contributed by atoms with Gasteiger partial charge in [0, 0.05) is 25.0 Å². The molecule has 1 aliphatic carbocycles. The molecule has 188 valence electrons. The topological polar surface area (TPSA) is 104 Å². The average molecular weight is 480 g/mol. The summed E-state index contributed by atoms with van der Waals surface area (Å²) in [6.45, 7) is 13.4. The van der Waals surface area contributed by atoms with E-state index in [1.54, 1.807) is 6.07 Å². The monoisotopic (exact) mass is 479 g/mol. The van der Waals surface area contributed by atoms with Crippen LogP contribution in [0.4, 0.5) is 4.79 Å². The third kappa shape index (κ3) is 6.84. The van der Waals surface area contributed by atoms with E-state index in [9.17, 15) is 15.2 Å². The lowest BCUT2D eigenvalue weighted by Crippen LogP contribution is -2.42. The van der Waals surface area contributed by atoms with Crippen molar-refractivity contribution in [2.45, 2.75) is 66.3 Å². The fraction of sp³-hybridized carbons (Fsp3) is 0.556. The highest BCUT2D eigenvalue weighted by molar-refractivity contribution is 5.81. The van der Waals surface area contributed by atoms with Crippen LogP contribution in [0.5, 0.6) is 0 Å². The maximum Gasteiger partial charge on any atom is 0.407 e. The maximum atomic E-state index is 12.1. The summed E-state index contributed by atoms with van der Waals surface area (Å²) in [6, 6.07) is 7.75. The Balaban J connectivity index is 1.63. The van der Waals surface area contributed by atoms with E-state index in [-0.39, 0.29) is 0 Å². The van der Waals surface area contributed by atoms with Crippen LogP contribution in [0.25, 0.3) is 11.0 Å². The molecule has 1 N–H and O–H groups in total. The Labute approximate surface area is 207 Å². The van der Waals surface area contributed by atoms with Crippen LogP contribution in [0, 0.1) is 28.6 Å². The zero-order valence-electron chi connectivity index (χ0n) is 21.3. The van der Waals surface area contributed by atoms with Gasteiger partial charge in [0.2, 0.25) is 0 Å². The van der Waals surface area contributed by atoms with Crippen LogP contribution in [0.15, 0.2) is 42.0 Å². The van der Waals surface area contributed by atoms with Crippen LogP contribution < -0.4 is 0 Å². The largest absolute Gasteiger partial charge is 0.465 e. The second-order valence-electron chi connectivity index (χ2n) is 10.4. The molecule has 1 aromatic heterocycles.